The van der Waals surface area contributed by atoms with E-state index in [2.05, 4.69) is 57.8 Å². The normalized spacial score (nSPS) is 11.4. The van der Waals surface area contributed by atoms with E-state index in [0.717, 1.165) is 41.2 Å². The first-order valence-electron chi connectivity index (χ1n) is 6.44. The van der Waals surface area contributed by atoms with Crippen molar-refractivity contribution >= 4 is 69.7 Å². The maximum absolute atomic E-state index is 5.88. The number of benzene rings is 2. The van der Waals surface area contributed by atoms with Crippen molar-refractivity contribution in [2.75, 3.05) is 0 Å². The van der Waals surface area contributed by atoms with Crippen LogP contribution in [-0.4, -0.2) is 9.97 Å². The van der Waals surface area contributed by atoms with Gasteiger partial charge in [0.2, 0.25) is 0 Å². The van der Waals surface area contributed by atoms with Gasteiger partial charge < -0.3 is 4.42 Å². The van der Waals surface area contributed by atoms with Crippen molar-refractivity contribution < 1.29 is 4.42 Å². The summed E-state index contributed by atoms with van der Waals surface area (Å²) in [5.41, 5.74) is 2.62. The SMILES string of the molecule is Brc1cc(Br)nc(-c2ccc3oc4ccccc4c3c2Br)n1. The van der Waals surface area contributed by atoms with Crippen molar-refractivity contribution in [2.24, 2.45) is 0 Å². The summed E-state index contributed by atoms with van der Waals surface area (Å²) < 4.78 is 8.27. The van der Waals surface area contributed by atoms with Crippen LogP contribution in [0.4, 0.5) is 0 Å². The highest BCUT2D eigenvalue weighted by Gasteiger charge is 2.16. The van der Waals surface area contributed by atoms with Gasteiger partial charge in [0.05, 0.1) is 0 Å². The number of fused-ring (bicyclic) bond motifs is 3. The Labute approximate surface area is 151 Å². The lowest BCUT2D eigenvalue weighted by molar-refractivity contribution is 0.669. The fourth-order valence-electron chi connectivity index (χ4n) is 2.46. The number of nitrogens with zero attached hydrogens (tertiary/aromatic N) is 2. The maximum Gasteiger partial charge on any atom is 0.162 e. The Hall–Kier alpha value is -1.24. The summed E-state index contributed by atoms with van der Waals surface area (Å²) in [6, 6.07) is 13.7. The Morgan fingerprint density at radius 2 is 1.55 bits per heavy atom. The standard InChI is InChI=1S/C16H7Br3N2O/c17-12-7-13(18)21-16(20-12)9-5-6-11-14(15(9)19)8-3-1-2-4-10(8)22-11/h1-7H. The molecule has 0 N–H and O–H groups in total. The average molecular weight is 483 g/mol. The van der Waals surface area contributed by atoms with E-state index in [9.17, 15) is 0 Å². The molecule has 4 aromatic rings. The monoisotopic (exact) mass is 480 g/mol. The molecule has 0 saturated heterocycles. The minimum atomic E-state index is 0.639. The molecular weight excluding hydrogens is 476 g/mol. The Morgan fingerprint density at radius 1 is 0.818 bits per heavy atom. The molecule has 108 valence electrons. The first-order valence-corrected chi connectivity index (χ1v) is 8.81. The Morgan fingerprint density at radius 3 is 2.32 bits per heavy atom. The number of rotatable bonds is 1. The lowest BCUT2D eigenvalue weighted by Crippen LogP contribution is -1.91. The van der Waals surface area contributed by atoms with Crippen molar-refractivity contribution in [1.82, 2.24) is 9.97 Å². The van der Waals surface area contributed by atoms with Crippen LogP contribution >= 0.6 is 47.8 Å². The van der Waals surface area contributed by atoms with Crippen LogP contribution < -0.4 is 0 Å². The zero-order chi connectivity index (χ0) is 15.3. The Kier molecular flexibility index (Phi) is 3.55. The van der Waals surface area contributed by atoms with Crippen molar-refractivity contribution in [2.45, 2.75) is 0 Å². The molecule has 4 rings (SSSR count). The highest BCUT2D eigenvalue weighted by atomic mass is 79.9. The minimum absolute atomic E-state index is 0.639. The van der Waals surface area contributed by atoms with Crippen LogP contribution in [0.1, 0.15) is 0 Å². The highest BCUT2D eigenvalue weighted by Crippen LogP contribution is 2.39. The van der Waals surface area contributed by atoms with Crippen LogP contribution in [0, 0.1) is 0 Å². The zero-order valence-corrected chi connectivity index (χ0v) is 15.7. The number of hydrogen-bond acceptors (Lipinski definition) is 3. The van der Waals surface area contributed by atoms with Gasteiger partial charge in [0.25, 0.3) is 0 Å². The summed E-state index contributed by atoms with van der Waals surface area (Å²) in [7, 11) is 0. The molecule has 0 aliphatic carbocycles. The third kappa shape index (κ3) is 2.30. The molecule has 0 amide bonds. The van der Waals surface area contributed by atoms with E-state index < -0.39 is 0 Å². The fraction of sp³-hybridized carbons (Fsp3) is 0. The second-order valence-corrected chi connectivity index (χ2v) is 7.15. The quantitative estimate of drug-likeness (QED) is 0.297. The zero-order valence-electron chi connectivity index (χ0n) is 11.0. The molecule has 0 atom stereocenters. The number of furan rings is 1. The molecule has 0 aliphatic rings. The fourth-order valence-corrected chi connectivity index (χ4v) is 4.25. The lowest BCUT2D eigenvalue weighted by Gasteiger charge is -2.05. The largest absolute Gasteiger partial charge is 0.456 e. The van der Waals surface area contributed by atoms with Crippen LogP contribution in [-0.2, 0) is 0 Å². The molecule has 0 fully saturated rings. The van der Waals surface area contributed by atoms with Gasteiger partial charge in [-0.1, -0.05) is 18.2 Å². The van der Waals surface area contributed by atoms with Gasteiger partial charge in [-0.25, -0.2) is 9.97 Å². The van der Waals surface area contributed by atoms with Gasteiger partial charge in [-0.2, -0.15) is 0 Å². The molecule has 6 heteroatoms. The molecule has 0 unspecified atom stereocenters. The van der Waals surface area contributed by atoms with Gasteiger partial charge in [0.1, 0.15) is 20.4 Å². The predicted molar refractivity (Wildman–Crippen MR) is 97.8 cm³/mol. The molecule has 0 radical (unpaired) electrons. The smallest absolute Gasteiger partial charge is 0.162 e. The van der Waals surface area contributed by atoms with Gasteiger partial charge in [-0.15, -0.1) is 0 Å². The molecule has 0 saturated carbocycles. The van der Waals surface area contributed by atoms with E-state index in [1.54, 1.807) is 0 Å². The number of aromatic nitrogens is 2. The van der Waals surface area contributed by atoms with Crippen molar-refractivity contribution in [3.63, 3.8) is 0 Å². The van der Waals surface area contributed by atoms with E-state index in [0.29, 0.717) is 5.82 Å². The average Bonchev–Trinajstić information content (AvgIpc) is 2.85. The highest BCUT2D eigenvalue weighted by molar-refractivity contribution is 9.11. The van der Waals surface area contributed by atoms with E-state index in [-0.39, 0.29) is 0 Å². The predicted octanol–water partition coefficient (Wildman–Crippen LogP) is 6.33. The summed E-state index contributed by atoms with van der Waals surface area (Å²) in [5.74, 6) is 0.639. The third-order valence-corrected chi connectivity index (χ3v) is 5.02. The summed E-state index contributed by atoms with van der Waals surface area (Å²) in [6.07, 6.45) is 0. The second-order valence-electron chi connectivity index (χ2n) is 4.74. The number of para-hydroxylation sites is 1. The molecule has 0 spiro atoms. The van der Waals surface area contributed by atoms with Gasteiger partial charge in [-0.3, -0.25) is 0 Å². The first kappa shape index (κ1) is 14.4. The molecular formula is C16H7Br3N2O. The van der Waals surface area contributed by atoms with Crippen LogP contribution in [0.2, 0.25) is 0 Å². The molecule has 0 aliphatic heterocycles. The Bertz CT molecular complexity index is 1010. The Balaban J connectivity index is 2.07. The van der Waals surface area contributed by atoms with Gasteiger partial charge in [-0.05, 0) is 66.0 Å². The number of hydrogen-bond donors (Lipinski definition) is 0. The van der Waals surface area contributed by atoms with Crippen molar-refractivity contribution in [3.8, 4) is 11.4 Å². The summed E-state index contributed by atoms with van der Waals surface area (Å²) in [5, 5.41) is 2.10. The lowest BCUT2D eigenvalue weighted by atomic mass is 10.1. The molecule has 22 heavy (non-hydrogen) atoms. The van der Waals surface area contributed by atoms with E-state index in [1.807, 2.05) is 42.5 Å². The van der Waals surface area contributed by atoms with E-state index >= 15 is 0 Å². The molecule has 0 bridgehead atoms. The molecule has 2 heterocycles. The van der Waals surface area contributed by atoms with Crippen molar-refractivity contribution in [1.29, 1.82) is 0 Å². The second kappa shape index (κ2) is 5.44. The minimum Gasteiger partial charge on any atom is -0.456 e. The van der Waals surface area contributed by atoms with E-state index in [1.165, 1.54) is 0 Å². The molecule has 2 aromatic carbocycles. The van der Waals surface area contributed by atoms with Gasteiger partial charge >= 0.3 is 0 Å². The summed E-state index contributed by atoms with van der Waals surface area (Å²) in [6.45, 7) is 0. The van der Waals surface area contributed by atoms with Crippen LogP contribution in [0.3, 0.4) is 0 Å². The summed E-state index contributed by atoms with van der Waals surface area (Å²) >= 11 is 10.5. The van der Waals surface area contributed by atoms with Crippen LogP contribution in [0.5, 0.6) is 0 Å². The third-order valence-electron chi connectivity index (χ3n) is 3.38. The van der Waals surface area contributed by atoms with Crippen LogP contribution in [0.25, 0.3) is 33.3 Å². The molecule has 2 aromatic heterocycles. The first-order chi connectivity index (χ1) is 10.6. The number of halogens is 3. The van der Waals surface area contributed by atoms with Gasteiger partial charge in [0, 0.05) is 26.9 Å². The van der Waals surface area contributed by atoms with E-state index in [4.69, 9.17) is 4.42 Å². The topological polar surface area (TPSA) is 38.9 Å². The van der Waals surface area contributed by atoms with Crippen molar-refractivity contribution in [3.05, 3.63) is 56.1 Å². The van der Waals surface area contributed by atoms with Gasteiger partial charge in [0.15, 0.2) is 5.82 Å². The van der Waals surface area contributed by atoms with Crippen LogP contribution in [0.15, 0.2) is 60.6 Å². The summed E-state index contributed by atoms with van der Waals surface area (Å²) in [4.78, 5) is 8.90. The maximum atomic E-state index is 5.88. The molecule has 3 nitrogen and oxygen atoms in total.